The highest BCUT2D eigenvalue weighted by Crippen LogP contribution is 2.25. The van der Waals surface area contributed by atoms with Gasteiger partial charge in [0, 0.05) is 10.3 Å². The quantitative estimate of drug-likeness (QED) is 0.719. The molecule has 1 atom stereocenters. The Labute approximate surface area is 92.9 Å². The van der Waals surface area contributed by atoms with Gasteiger partial charge in [-0.1, -0.05) is 27.7 Å². The Morgan fingerprint density at radius 1 is 1.21 bits per heavy atom. The van der Waals surface area contributed by atoms with E-state index in [1.807, 2.05) is 11.8 Å². The fourth-order valence-corrected chi connectivity index (χ4v) is 2.40. The lowest BCUT2D eigenvalue weighted by Crippen LogP contribution is -2.46. The van der Waals surface area contributed by atoms with Crippen molar-refractivity contribution < 1.29 is 5.11 Å². The summed E-state index contributed by atoms with van der Waals surface area (Å²) in [5.74, 6) is 1.09. The predicted molar refractivity (Wildman–Crippen MR) is 66.0 cm³/mol. The van der Waals surface area contributed by atoms with Crippen molar-refractivity contribution in [1.29, 1.82) is 0 Å². The van der Waals surface area contributed by atoms with Crippen LogP contribution in [0.3, 0.4) is 0 Å². The van der Waals surface area contributed by atoms with Gasteiger partial charge in [-0.15, -0.1) is 0 Å². The van der Waals surface area contributed by atoms with E-state index in [9.17, 15) is 5.11 Å². The van der Waals surface area contributed by atoms with Crippen molar-refractivity contribution in [2.24, 2.45) is 0 Å². The average molecular weight is 219 g/mol. The number of hydrogen-bond acceptors (Lipinski definition) is 3. The second-order valence-corrected chi connectivity index (χ2v) is 6.88. The zero-order chi connectivity index (χ0) is 11.2. The molecule has 14 heavy (non-hydrogen) atoms. The second kappa shape index (κ2) is 5.99. The molecule has 86 valence electrons. The van der Waals surface area contributed by atoms with Crippen LogP contribution in [0.1, 0.15) is 41.0 Å². The number of hydrogen-bond donors (Lipinski definition) is 2. The molecule has 2 nitrogen and oxygen atoms in total. The second-order valence-electron chi connectivity index (χ2n) is 4.96. The third-order valence-corrected chi connectivity index (χ3v) is 3.42. The molecular weight excluding hydrogens is 194 g/mol. The first-order chi connectivity index (χ1) is 6.33. The fourth-order valence-electron chi connectivity index (χ4n) is 1.23. The summed E-state index contributed by atoms with van der Waals surface area (Å²) < 4.78 is 0.322. The summed E-state index contributed by atoms with van der Waals surface area (Å²) in [4.78, 5) is 0. The van der Waals surface area contributed by atoms with Gasteiger partial charge in [0.25, 0.3) is 0 Å². The zero-order valence-corrected chi connectivity index (χ0v) is 11.0. The lowest BCUT2D eigenvalue weighted by molar-refractivity contribution is 0.173. The van der Waals surface area contributed by atoms with Gasteiger partial charge in [0.2, 0.25) is 0 Å². The van der Waals surface area contributed by atoms with Crippen LogP contribution in [-0.2, 0) is 0 Å². The maximum Gasteiger partial charge on any atom is 0.0610 e. The highest BCUT2D eigenvalue weighted by molar-refractivity contribution is 8.00. The van der Waals surface area contributed by atoms with E-state index in [2.05, 4.69) is 39.9 Å². The van der Waals surface area contributed by atoms with Gasteiger partial charge in [0.05, 0.1) is 6.61 Å². The molecule has 0 saturated heterocycles. The van der Waals surface area contributed by atoms with E-state index in [0.717, 1.165) is 18.7 Å². The Morgan fingerprint density at radius 3 is 2.14 bits per heavy atom. The molecular formula is C11H25NOS. The molecule has 0 bridgehead atoms. The normalized spacial score (nSPS) is 16.7. The van der Waals surface area contributed by atoms with E-state index in [1.165, 1.54) is 0 Å². The van der Waals surface area contributed by atoms with Gasteiger partial charge in [0.15, 0.2) is 0 Å². The van der Waals surface area contributed by atoms with Crippen molar-refractivity contribution in [2.45, 2.75) is 51.3 Å². The summed E-state index contributed by atoms with van der Waals surface area (Å²) in [7, 11) is 0. The van der Waals surface area contributed by atoms with E-state index in [-0.39, 0.29) is 12.1 Å². The van der Waals surface area contributed by atoms with Crippen LogP contribution in [0, 0.1) is 0 Å². The van der Waals surface area contributed by atoms with Crippen molar-refractivity contribution >= 4 is 11.8 Å². The van der Waals surface area contributed by atoms with Gasteiger partial charge in [-0.3, -0.25) is 0 Å². The van der Waals surface area contributed by atoms with Crippen LogP contribution in [0.4, 0.5) is 0 Å². The molecule has 0 heterocycles. The van der Waals surface area contributed by atoms with Gasteiger partial charge in [-0.25, -0.2) is 0 Å². The number of aliphatic hydroxyl groups is 1. The summed E-state index contributed by atoms with van der Waals surface area (Å²) >= 11 is 1.95. The van der Waals surface area contributed by atoms with Crippen LogP contribution in [0.25, 0.3) is 0 Å². The van der Waals surface area contributed by atoms with Gasteiger partial charge >= 0.3 is 0 Å². The van der Waals surface area contributed by atoms with E-state index >= 15 is 0 Å². The first kappa shape index (κ1) is 14.3. The van der Waals surface area contributed by atoms with Crippen molar-refractivity contribution in [2.75, 3.05) is 18.9 Å². The van der Waals surface area contributed by atoms with Crippen LogP contribution in [0.5, 0.6) is 0 Å². The van der Waals surface area contributed by atoms with Crippen molar-refractivity contribution in [3.8, 4) is 0 Å². The molecule has 0 spiro atoms. The first-order valence-electron chi connectivity index (χ1n) is 5.33. The Morgan fingerprint density at radius 2 is 1.79 bits per heavy atom. The minimum Gasteiger partial charge on any atom is -0.394 e. The Kier molecular flexibility index (Phi) is 6.10. The first-order valence-corrected chi connectivity index (χ1v) is 6.31. The number of likely N-dealkylation sites (N-methyl/N-ethyl adjacent to an activating group) is 1. The van der Waals surface area contributed by atoms with Gasteiger partial charge in [-0.2, -0.15) is 11.8 Å². The maximum absolute atomic E-state index is 9.27. The lowest BCUT2D eigenvalue weighted by atomic mass is 10.0. The van der Waals surface area contributed by atoms with Crippen LogP contribution in [-0.4, -0.2) is 34.3 Å². The summed E-state index contributed by atoms with van der Waals surface area (Å²) in [6.07, 6.45) is 1.01. The van der Waals surface area contributed by atoms with Gasteiger partial charge < -0.3 is 10.4 Å². The van der Waals surface area contributed by atoms with E-state index in [1.54, 1.807) is 0 Å². The van der Waals surface area contributed by atoms with Crippen molar-refractivity contribution in [3.05, 3.63) is 0 Å². The number of aliphatic hydroxyl groups excluding tert-OH is 1. The molecule has 1 unspecified atom stereocenters. The predicted octanol–water partition coefficient (Wildman–Crippen LogP) is 2.27. The SMILES string of the molecule is CCNC(C)(CO)CCSC(C)(C)C. The molecule has 0 aliphatic rings. The molecule has 0 rings (SSSR count). The molecule has 0 aliphatic heterocycles. The monoisotopic (exact) mass is 219 g/mol. The largest absolute Gasteiger partial charge is 0.394 e. The number of thioether (sulfide) groups is 1. The van der Waals surface area contributed by atoms with Gasteiger partial charge in [0.1, 0.15) is 0 Å². The summed E-state index contributed by atoms with van der Waals surface area (Å²) in [6.45, 7) is 12.0. The number of rotatable bonds is 6. The molecule has 0 radical (unpaired) electrons. The van der Waals surface area contributed by atoms with Gasteiger partial charge in [-0.05, 0) is 25.6 Å². The number of nitrogens with one attached hydrogen (secondary N) is 1. The minimum atomic E-state index is -0.104. The molecule has 0 amide bonds. The molecule has 0 aliphatic carbocycles. The standard InChI is InChI=1S/C11H25NOS/c1-6-12-11(5,9-13)7-8-14-10(2,3)4/h12-13H,6-9H2,1-5H3. The topological polar surface area (TPSA) is 32.3 Å². The van der Waals surface area contributed by atoms with Crippen LogP contribution in [0.2, 0.25) is 0 Å². The fraction of sp³-hybridized carbons (Fsp3) is 1.00. The highest BCUT2D eigenvalue weighted by Gasteiger charge is 2.22. The Balaban J connectivity index is 3.84. The molecule has 3 heteroatoms. The van der Waals surface area contributed by atoms with Crippen molar-refractivity contribution in [3.63, 3.8) is 0 Å². The van der Waals surface area contributed by atoms with Crippen molar-refractivity contribution in [1.82, 2.24) is 5.32 Å². The Hall–Kier alpha value is 0.270. The van der Waals surface area contributed by atoms with Crippen LogP contribution >= 0.6 is 11.8 Å². The smallest absolute Gasteiger partial charge is 0.0610 e. The zero-order valence-electron chi connectivity index (χ0n) is 10.2. The third kappa shape index (κ3) is 6.68. The molecule has 0 fully saturated rings. The molecule has 0 saturated carbocycles. The lowest BCUT2D eigenvalue weighted by Gasteiger charge is -2.29. The minimum absolute atomic E-state index is 0.104. The van der Waals surface area contributed by atoms with E-state index < -0.39 is 0 Å². The summed E-state index contributed by atoms with van der Waals surface area (Å²) in [5.41, 5.74) is -0.104. The highest BCUT2D eigenvalue weighted by atomic mass is 32.2. The van der Waals surface area contributed by atoms with E-state index in [4.69, 9.17) is 0 Å². The molecule has 2 N–H and O–H groups in total. The summed E-state index contributed by atoms with van der Waals surface area (Å²) in [5, 5.41) is 12.6. The molecule has 0 aromatic heterocycles. The Bertz CT molecular complexity index is 156. The average Bonchev–Trinajstić information content (AvgIpc) is 2.02. The van der Waals surface area contributed by atoms with Crippen LogP contribution < -0.4 is 5.32 Å². The maximum atomic E-state index is 9.27. The van der Waals surface area contributed by atoms with E-state index in [0.29, 0.717) is 4.75 Å². The summed E-state index contributed by atoms with van der Waals surface area (Å²) in [6, 6.07) is 0. The molecule has 0 aromatic rings. The molecule has 0 aromatic carbocycles. The van der Waals surface area contributed by atoms with Crippen LogP contribution in [0.15, 0.2) is 0 Å². The third-order valence-electron chi connectivity index (χ3n) is 2.14.